The molecule has 2 nitrogen and oxygen atoms in total. The zero-order chi connectivity index (χ0) is 18.6. The number of para-hydroxylation sites is 1. The van der Waals surface area contributed by atoms with Crippen LogP contribution >= 0.6 is 11.3 Å². The molecule has 0 spiro atoms. The lowest BCUT2D eigenvalue weighted by molar-refractivity contribution is -0.136. The third-order valence-electron chi connectivity index (χ3n) is 3.57. The predicted octanol–water partition coefficient (Wildman–Crippen LogP) is 6.09. The van der Waals surface area contributed by atoms with Gasteiger partial charge in [0.15, 0.2) is 0 Å². The Hall–Kier alpha value is -2.86. The monoisotopic (exact) mass is 373 g/mol. The van der Waals surface area contributed by atoms with Crippen LogP contribution in [-0.4, -0.2) is 5.91 Å². The van der Waals surface area contributed by atoms with Gasteiger partial charge in [-0.05, 0) is 35.9 Å². The highest BCUT2D eigenvalue weighted by Gasteiger charge is 2.33. The van der Waals surface area contributed by atoms with Gasteiger partial charge in [0.25, 0.3) is 0 Å². The van der Waals surface area contributed by atoms with E-state index in [9.17, 15) is 18.0 Å². The normalized spacial score (nSPS) is 11.7. The number of hydrogen-bond donors (Lipinski definition) is 1. The summed E-state index contributed by atoms with van der Waals surface area (Å²) in [7, 11) is 0. The van der Waals surface area contributed by atoms with Crippen LogP contribution in [0.15, 0.2) is 72.8 Å². The molecule has 0 saturated heterocycles. The second-order valence-electron chi connectivity index (χ2n) is 5.43. The molecule has 3 aromatic rings. The van der Waals surface area contributed by atoms with Crippen LogP contribution in [0, 0.1) is 0 Å². The van der Waals surface area contributed by atoms with Gasteiger partial charge in [-0.25, -0.2) is 0 Å². The number of amides is 1. The topological polar surface area (TPSA) is 29.1 Å². The number of nitrogens with one attached hydrogen (secondary N) is 1. The smallest absolute Gasteiger partial charge is 0.322 e. The van der Waals surface area contributed by atoms with Crippen molar-refractivity contribution in [2.24, 2.45) is 0 Å². The van der Waals surface area contributed by atoms with Crippen LogP contribution in [0.1, 0.15) is 10.4 Å². The van der Waals surface area contributed by atoms with Crippen molar-refractivity contribution < 1.29 is 18.0 Å². The van der Waals surface area contributed by atoms with Gasteiger partial charge in [0.05, 0.1) is 11.3 Å². The van der Waals surface area contributed by atoms with E-state index < -0.39 is 17.6 Å². The van der Waals surface area contributed by atoms with Gasteiger partial charge in [-0.2, -0.15) is 13.2 Å². The first-order valence-electron chi connectivity index (χ1n) is 7.74. The van der Waals surface area contributed by atoms with Crippen molar-refractivity contribution in [3.63, 3.8) is 0 Å². The number of halogens is 3. The molecule has 132 valence electrons. The van der Waals surface area contributed by atoms with Gasteiger partial charge >= 0.3 is 6.18 Å². The Labute approximate surface area is 152 Å². The van der Waals surface area contributed by atoms with Crippen molar-refractivity contribution in [2.75, 3.05) is 5.32 Å². The van der Waals surface area contributed by atoms with Crippen molar-refractivity contribution in [1.29, 1.82) is 0 Å². The molecule has 1 N–H and O–H groups in total. The van der Waals surface area contributed by atoms with E-state index in [4.69, 9.17) is 0 Å². The molecule has 26 heavy (non-hydrogen) atoms. The van der Waals surface area contributed by atoms with Gasteiger partial charge < -0.3 is 5.32 Å². The van der Waals surface area contributed by atoms with E-state index in [1.165, 1.54) is 35.6 Å². The number of alkyl halides is 3. The highest BCUT2D eigenvalue weighted by Crippen LogP contribution is 2.34. The van der Waals surface area contributed by atoms with Crippen molar-refractivity contribution in [2.45, 2.75) is 6.18 Å². The van der Waals surface area contributed by atoms with Gasteiger partial charge in [0.1, 0.15) is 0 Å². The van der Waals surface area contributed by atoms with E-state index in [2.05, 4.69) is 5.32 Å². The van der Waals surface area contributed by atoms with Gasteiger partial charge in [-0.3, -0.25) is 4.79 Å². The molecule has 0 aliphatic heterocycles. The molecule has 6 heteroatoms. The van der Waals surface area contributed by atoms with Crippen LogP contribution in [0.25, 0.3) is 16.5 Å². The van der Waals surface area contributed by atoms with Crippen molar-refractivity contribution in [3.05, 3.63) is 83.2 Å². The number of anilines is 1. The SMILES string of the molecule is O=C(/C=C/c1ccc(-c2ccccc2)s1)Nc1ccccc1C(F)(F)F. The summed E-state index contributed by atoms with van der Waals surface area (Å²) in [5, 5.41) is 2.28. The Morgan fingerprint density at radius 1 is 0.923 bits per heavy atom. The summed E-state index contributed by atoms with van der Waals surface area (Å²) in [5.41, 5.74) is -0.0595. The largest absolute Gasteiger partial charge is 0.418 e. The first kappa shape index (κ1) is 17.9. The van der Waals surface area contributed by atoms with Crippen molar-refractivity contribution in [3.8, 4) is 10.4 Å². The molecule has 0 fully saturated rings. The van der Waals surface area contributed by atoms with E-state index >= 15 is 0 Å². The van der Waals surface area contributed by atoms with Crippen LogP contribution in [0.3, 0.4) is 0 Å². The Kier molecular flexibility index (Phi) is 5.23. The van der Waals surface area contributed by atoms with E-state index in [1.807, 2.05) is 42.5 Å². The van der Waals surface area contributed by atoms with Gasteiger partial charge in [-0.15, -0.1) is 11.3 Å². The Bertz CT molecular complexity index is 929. The zero-order valence-electron chi connectivity index (χ0n) is 13.5. The number of carbonyl (C=O) groups excluding carboxylic acids is 1. The molecule has 1 heterocycles. The average molecular weight is 373 g/mol. The molecule has 0 aliphatic carbocycles. The molecular formula is C20H14F3NOS. The molecular weight excluding hydrogens is 359 g/mol. The lowest BCUT2D eigenvalue weighted by Gasteiger charge is -2.12. The Balaban J connectivity index is 1.71. The third kappa shape index (κ3) is 4.40. The second kappa shape index (κ2) is 7.58. The quantitative estimate of drug-likeness (QED) is 0.551. The molecule has 3 rings (SSSR count). The predicted molar refractivity (Wildman–Crippen MR) is 98.9 cm³/mol. The summed E-state index contributed by atoms with van der Waals surface area (Å²) in [6.45, 7) is 0. The summed E-state index contributed by atoms with van der Waals surface area (Å²) in [4.78, 5) is 13.9. The van der Waals surface area contributed by atoms with Crippen LogP contribution in [0.4, 0.5) is 18.9 Å². The fraction of sp³-hybridized carbons (Fsp3) is 0.0500. The second-order valence-corrected chi connectivity index (χ2v) is 6.55. The van der Waals surface area contributed by atoms with Crippen LogP contribution in [0.2, 0.25) is 0 Å². The summed E-state index contributed by atoms with van der Waals surface area (Å²) < 4.78 is 38.8. The summed E-state index contributed by atoms with van der Waals surface area (Å²) in [6.07, 6.45) is -1.71. The number of rotatable bonds is 4. The van der Waals surface area contributed by atoms with Gasteiger partial charge in [0, 0.05) is 15.8 Å². The van der Waals surface area contributed by atoms with Crippen LogP contribution in [0.5, 0.6) is 0 Å². The summed E-state index contributed by atoms with van der Waals surface area (Å²) in [6, 6.07) is 18.5. The molecule has 0 bridgehead atoms. The fourth-order valence-electron chi connectivity index (χ4n) is 2.37. The van der Waals surface area contributed by atoms with E-state index in [0.717, 1.165) is 21.4 Å². The Morgan fingerprint density at radius 2 is 1.62 bits per heavy atom. The van der Waals surface area contributed by atoms with Crippen LogP contribution < -0.4 is 5.32 Å². The minimum atomic E-state index is -4.52. The number of carbonyl (C=O) groups is 1. The standard InChI is InChI=1S/C20H14F3NOS/c21-20(22,23)16-8-4-5-9-17(16)24-19(25)13-11-15-10-12-18(26-15)14-6-2-1-3-7-14/h1-13H,(H,24,25)/b13-11+. The average Bonchev–Trinajstić information content (AvgIpc) is 3.09. The lowest BCUT2D eigenvalue weighted by Crippen LogP contribution is -2.14. The maximum absolute atomic E-state index is 12.9. The lowest BCUT2D eigenvalue weighted by atomic mass is 10.1. The molecule has 0 radical (unpaired) electrons. The van der Waals surface area contributed by atoms with Crippen LogP contribution in [-0.2, 0) is 11.0 Å². The first-order valence-corrected chi connectivity index (χ1v) is 8.56. The minimum absolute atomic E-state index is 0.259. The Morgan fingerprint density at radius 3 is 2.35 bits per heavy atom. The molecule has 0 saturated carbocycles. The molecule has 1 amide bonds. The number of hydrogen-bond acceptors (Lipinski definition) is 2. The summed E-state index contributed by atoms with van der Waals surface area (Å²) >= 11 is 1.49. The zero-order valence-corrected chi connectivity index (χ0v) is 14.3. The number of benzene rings is 2. The molecule has 0 aliphatic rings. The molecule has 0 atom stereocenters. The first-order chi connectivity index (χ1) is 12.4. The molecule has 0 unspecified atom stereocenters. The number of thiophene rings is 1. The third-order valence-corrected chi connectivity index (χ3v) is 4.67. The highest BCUT2D eigenvalue weighted by molar-refractivity contribution is 7.16. The van der Waals surface area contributed by atoms with E-state index in [-0.39, 0.29) is 5.69 Å². The van der Waals surface area contributed by atoms with Gasteiger partial charge in [0.2, 0.25) is 5.91 Å². The summed E-state index contributed by atoms with van der Waals surface area (Å²) in [5.74, 6) is -0.614. The van der Waals surface area contributed by atoms with E-state index in [0.29, 0.717) is 0 Å². The van der Waals surface area contributed by atoms with E-state index in [1.54, 1.807) is 6.08 Å². The maximum Gasteiger partial charge on any atom is 0.418 e. The molecule has 2 aromatic carbocycles. The maximum atomic E-state index is 12.9. The van der Waals surface area contributed by atoms with Crippen molar-refractivity contribution in [1.82, 2.24) is 0 Å². The van der Waals surface area contributed by atoms with Crippen molar-refractivity contribution >= 4 is 29.0 Å². The fourth-order valence-corrected chi connectivity index (χ4v) is 3.29. The highest BCUT2D eigenvalue weighted by atomic mass is 32.1. The van der Waals surface area contributed by atoms with Gasteiger partial charge in [-0.1, -0.05) is 42.5 Å². The molecule has 1 aromatic heterocycles. The minimum Gasteiger partial charge on any atom is -0.322 e.